The molecule has 1 heterocycles. The van der Waals surface area contributed by atoms with Crippen molar-refractivity contribution in [3.05, 3.63) is 63.6 Å². The number of benzene rings is 1. The second kappa shape index (κ2) is 6.11. The van der Waals surface area contributed by atoms with Crippen LogP contribution in [0.25, 0.3) is 0 Å². The van der Waals surface area contributed by atoms with Crippen molar-refractivity contribution >= 4 is 15.9 Å². The summed E-state index contributed by atoms with van der Waals surface area (Å²) < 4.78 is 51.1. The van der Waals surface area contributed by atoms with E-state index in [2.05, 4.69) is 20.9 Å². The highest BCUT2D eigenvalue weighted by Gasteiger charge is 2.30. The molecule has 0 aliphatic heterocycles. The van der Waals surface area contributed by atoms with Gasteiger partial charge in [-0.25, -0.2) is 4.39 Å². The van der Waals surface area contributed by atoms with E-state index < -0.39 is 23.6 Å². The summed E-state index contributed by atoms with van der Waals surface area (Å²) in [6.07, 6.45) is -3.41. The molecule has 7 heteroatoms. The lowest BCUT2D eigenvalue weighted by Crippen LogP contribution is -2.16. The number of pyridine rings is 1. The average molecular weight is 363 g/mol. The molecule has 2 aromatic rings. The summed E-state index contributed by atoms with van der Waals surface area (Å²) in [7, 11) is 0. The highest BCUT2D eigenvalue weighted by molar-refractivity contribution is 9.10. The number of hydrogen-bond acceptors (Lipinski definition) is 2. The van der Waals surface area contributed by atoms with Crippen molar-refractivity contribution in [2.75, 3.05) is 0 Å². The zero-order valence-electron chi connectivity index (χ0n) is 10.7. The van der Waals surface area contributed by atoms with Gasteiger partial charge in [0.1, 0.15) is 5.82 Å². The molecule has 1 unspecified atom stereocenters. The first-order valence-electron chi connectivity index (χ1n) is 5.99. The number of rotatable bonds is 3. The maximum Gasteiger partial charge on any atom is 0.417 e. The lowest BCUT2D eigenvalue weighted by molar-refractivity contribution is -0.137. The van der Waals surface area contributed by atoms with Crippen LogP contribution in [0.5, 0.6) is 0 Å². The van der Waals surface area contributed by atoms with Crippen LogP contribution in [0, 0.1) is 5.82 Å². The van der Waals surface area contributed by atoms with E-state index in [1.807, 2.05) is 0 Å². The largest absolute Gasteiger partial charge is 0.417 e. The van der Waals surface area contributed by atoms with Crippen LogP contribution >= 0.6 is 15.9 Å². The van der Waals surface area contributed by atoms with Gasteiger partial charge in [0.2, 0.25) is 0 Å². The number of nitrogens with zero attached hydrogens (tertiary/aromatic N) is 1. The summed E-state index contributed by atoms with van der Waals surface area (Å²) >= 11 is 3.17. The summed E-state index contributed by atoms with van der Waals surface area (Å²) in [4.78, 5) is 3.74. The molecule has 0 aliphatic carbocycles. The number of hydrogen-bond donors (Lipinski definition) is 1. The van der Waals surface area contributed by atoms with Gasteiger partial charge in [-0.3, -0.25) is 4.98 Å². The Morgan fingerprint density at radius 3 is 2.43 bits per heavy atom. The maximum atomic E-state index is 13.3. The molecule has 0 aliphatic rings. The quantitative estimate of drug-likeness (QED) is 0.829. The number of halogens is 5. The minimum atomic E-state index is -4.43. The van der Waals surface area contributed by atoms with Gasteiger partial charge in [-0.05, 0) is 42.3 Å². The molecule has 2 N–H and O–H groups in total. The number of nitrogens with two attached hydrogens (primary N) is 1. The molecule has 0 saturated carbocycles. The minimum Gasteiger partial charge on any atom is -0.322 e. The van der Waals surface area contributed by atoms with Crippen LogP contribution in [-0.2, 0) is 12.6 Å². The van der Waals surface area contributed by atoms with Crippen LogP contribution < -0.4 is 5.73 Å². The van der Waals surface area contributed by atoms with Gasteiger partial charge >= 0.3 is 6.18 Å². The maximum absolute atomic E-state index is 13.3. The van der Waals surface area contributed by atoms with Crippen molar-refractivity contribution in [2.45, 2.75) is 18.6 Å². The fourth-order valence-corrected chi connectivity index (χ4v) is 2.39. The van der Waals surface area contributed by atoms with Crippen molar-refractivity contribution < 1.29 is 17.6 Å². The third kappa shape index (κ3) is 4.25. The Bertz CT molecular complexity index is 606. The monoisotopic (exact) mass is 362 g/mol. The first-order valence-corrected chi connectivity index (χ1v) is 6.78. The van der Waals surface area contributed by atoms with E-state index in [4.69, 9.17) is 5.73 Å². The molecule has 0 bridgehead atoms. The molecule has 0 saturated heterocycles. The molecule has 21 heavy (non-hydrogen) atoms. The molecule has 0 amide bonds. The summed E-state index contributed by atoms with van der Waals surface area (Å²) in [5, 5.41) is 0. The minimum absolute atomic E-state index is 0.273. The van der Waals surface area contributed by atoms with Gasteiger partial charge in [0.15, 0.2) is 0 Å². The third-order valence-corrected chi connectivity index (χ3v) is 3.33. The van der Waals surface area contributed by atoms with E-state index in [0.717, 1.165) is 12.3 Å². The van der Waals surface area contributed by atoms with Gasteiger partial charge in [0.05, 0.1) is 17.3 Å². The van der Waals surface area contributed by atoms with Crippen LogP contribution in [0.4, 0.5) is 17.6 Å². The lowest BCUT2D eigenvalue weighted by atomic mass is 10.0. The van der Waals surface area contributed by atoms with E-state index in [0.29, 0.717) is 15.7 Å². The second-order valence-corrected chi connectivity index (χ2v) is 5.47. The summed E-state index contributed by atoms with van der Waals surface area (Å²) in [6.45, 7) is 0. The van der Waals surface area contributed by atoms with Crippen LogP contribution in [0.3, 0.4) is 0 Å². The SMILES string of the molecule is NC(Cc1cc(F)cc(Br)c1)c1ccc(C(F)(F)F)cn1. The normalized spacial score (nSPS) is 13.2. The zero-order valence-corrected chi connectivity index (χ0v) is 12.2. The molecule has 1 atom stereocenters. The van der Waals surface area contributed by atoms with Crippen molar-refractivity contribution in [1.82, 2.24) is 4.98 Å². The van der Waals surface area contributed by atoms with Crippen LogP contribution in [0.15, 0.2) is 41.0 Å². The fourth-order valence-electron chi connectivity index (χ4n) is 1.88. The molecule has 2 rings (SSSR count). The Kier molecular flexibility index (Phi) is 4.63. The molecular formula is C14H11BrF4N2. The average Bonchev–Trinajstić information content (AvgIpc) is 2.36. The van der Waals surface area contributed by atoms with E-state index in [1.165, 1.54) is 18.2 Å². The smallest absolute Gasteiger partial charge is 0.322 e. The Balaban J connectivity index is 2.15. The first kappa shape index (κ1) is 15.9. The molecule has 1 aromatic carbocycles. The zero-order chi connectivity index (χ0) is 15.6. The molecule has 0 fully saturated rings. The molecule has 0 radical (unpaired) electrons. The third-order valence-electron chi connectivity index (χ3n) is 2.87. The van der Waals surface area contributed by atoms with Gasteiger partial charge in [-0.2, -0.15) is 13.2 Å². The van der Waals surface area contributed by atoms with E-state index in [-0.39, 0.29) is 6.42 Å². The predicted molar refractivity (Wildman–Crippen MR) is 74.0 cm³/mol. The Hall–Kier alpha value is -1.47. The number of aromatic nitrogens is 1. The molecule has 2 nitrogen and oxygen atoms in total. The molecule has 112 valence electrons. The molecule has 1 aromatic heterocycles. The van der Waals surface area contributed by atoms with Gasteiger partial charge in [0.25, 0.3) is 0 Å². The van der Waals surface area contributed by atoms with Crippen molar-refractivity contribution in [1.29, 1.82) is 0 Å². The Morgan fingerprint density at radius 2 is 1.90 bits per heavy atom. The summed E-state index contributed by atoms with van der Waals surface area (Å²) in [5.41, 5.74) is 6.04. The van der Waals surface area contributed by atoms with Crippen LogP contribution in [0.2, 0.25) is 0 Å². The van der Waals surface area contributed by atoms with E-state index in [1.54, 1.807) is 6.07 Å². The summed E-state index contributed by atoms with van der Waals surface area (Å²) in [6, 6.07) is 5.90. The van der Waals surface area contributed by atoms with Crippen LogP contribution in [-0.4, -0.2) is 4.98 Å². The van der Waals surface area contributed by atoms with Crippen molar-refractivity contribution in [3.8, 4) is 0 Å². The van der Waals surface area contributed by atoms with Gasteiger partial charge in [0, 0.05) is 10.7 Å². The van der Waals surface area contributed by atoms with Gasteiger partial charge in [-0.1, -0.05) is 15.9 Å². The van der Waals surface area contributed by atoms with Crippen LogP contribution in [0.1, 0.15) is 22.9 Å². The second-order valence-electron chi connectivity index (χ2n) is 4.56. The highest BCUT2D eigenvalue weighted by Crippen LogP contribution is 2.29. The lowest BCUT2D eigenvalue weighted by Gasteiger charge is -2.13. The topological polar surface area (TPSA) is 38.9 Å². The predicted octanol–water partition coefficient (Wildman–Crippen LogP) is 4.24. The van der Waals surface area contributed by atoms with Crippen molar-refractivity contribution in [2.24, 2.45) is 5.73 Å². The molecular weight excluding hydrogens is 352 g/mol. The molecule has 0 spiro atoms. The first-order chi connectivity index (χ1) is 9.75. The van der Waals surface area contributed by atoms with Crippen molar-refractivity contribution in [3.63, 3.8) is 0 Å². The van der Waals surface area contributed by atoms with E-state index >= 15 is 0 Å². The van der Waals surface area contributed by atoms with Gasteiger partial charge in [-0.15, -0.1) is 0 Å². The Morgan fingerprint density at radius 1 is 1.19 bits per heavy atom. The highest BCUT2D eigenvalue weighted by atomic mass is 79.9. The standard InChI is InChI=1S/C14H11BrF4N2/c15-10-3-8(4-11(16)6-10)5-12(20)13-2-1-9(7-21-13)14(17,18)19/h1-4,6-7,12H,5,20H2. The number of alkyl halides is 3. The van der Waals surface area contributed by atoms with Gasteiger partial charge < -0.3 is 5.73 Å². The fraction of sp³-hybridized carbons (Fsp3) is 0.214. The Labute approximate surface area is 127 Å². The summed E-state index contributed by atoms with van der Waals surface area (Å²) in [5.74, 6) is -0.410. The van der Waals surface area contributed by atoms with E-state index in [9.17, 15) is 17.6 Å².